The van der Waals surface area contributed by atoms with Crippen molar-refractivity contribution in [2.75, 3.05) is 32.1 Å². The fraction of sp³-hybridized carbons (Fsp3) is 0.316. The molecule has 0 bridgehead atoms. The minimum absolute atomic E-state index is 0.140. The molecule has 0 aliphatic carbocycles. The lowest BCUT2D eigenvalue weighted by Gasteiger charge is -2.20. The number of methoxy groups -OCH3 is 1. The molecule has 1 N–H and O–H groups in total. The summed E-state index contributed by atoms with van der Waals surface area (Å²) < 4.78 is 10.8. The van der Waals surface area contributed by atoms with Crippen LogP contribution in [-0.4, -0.2) is 39.3 Å². The summed E-state index contributed by atoms with van der Waals surface area (Å²) in [6, 6.07) is 17.3. The number of amides is 1. The number of para-hydroxylation sites is 1. The van der Waals surface area contributed by atoms with Crippen LogP contribution in [-0.2, 0) is 4.79 Å². The number of likely N-dealkylation sites (N-methyl/N-ethyl adjacent to an activating group) is 1. The molecule has 0 aliphatic heterocycles. The predicted molar refractivity (Wildman–Crippen MR) is 95.8 cm³/mol. The van der Waals surface area contributed by atoms with E-state index in [2.05, 4.69) is 10.2 Å². The molecule has 0 aliphatic rings. The van der Waals surface area contributed by atoms with E-state index in [-0.39, 0.29) is 5.91 Å². The Hall–Kier alpha value is -2.69. The highest BCUT2D eigenvalue weighted by molar-refractivity contribution is 5.80. The van der Waals surface area contributed by atoms with E-state index in [1.807, 2.05) is 49.5 Å². The summed E-state index contributed by atoms with van der Waals surface area (Å²) >= 11 is 0. The Morgan fingerprint density at radius 2 is 1.83 bits per heavy atom. The molecule has 0 radical (unpaired) electrons. The van der Waals surface area contributed by atoms with Gasteiger partial charge in [-0.1, -0.05) is 24.3 Å². The molecule has 5 heteroatoms. The molecule has 0 heterocycles. The number of benzene rings is 2. The zero-order valence-corrected chi connectivity index (χ0v) is 14.4. The van der Waals surface area contributed by atoms with Crippen LogP contribution in [0.4, 0.5) is 5.69 Å². The summed E-state index contributed by atoms with van der Waals surface area (Å²) in [5.74, 6) is 1.17. The number of hydrogen-bond donors (Lipinski definition) is 1. The van der Waals surface area contributed by atoms with Crippen LogP contribution < -0.4 is 19.7 Å². The highest BCUT2D eigenvalue weighted by atomic mass is 16.5. The normalized spacial score (nSPS) is 11.5. The summed E-state index contributed by atoms with van der Waals surface area (Å²) in [5, 5.41) is 2.90. The van der Waals surface area contributed by atoms with Gasteiger partial charge in [0.15, 0.2) is 6.10 Å². The average molecular weight is 328 g/mol. The molecule has 5 nitrogen and oxygen atoms in total. The summed E-state index contributed by atoms with van der Waals surface area (Å²) in [6.07, 6.45) is -0.570. The van der Waals surface area contributed by atoms with Gasteiger partial charge in [0.2, 0.25) is 0 Å². The first kappa shape index (κ1) is 17.7. The van der Waals surface area contributed by atoms with Gasteiger partial charge in [0.05, 0.1) is 7.11 Å². The lowest BCUT2D eigenvalue weighted by atomic mass is 10.3. The van der Waals surface area contributed by atoms with E-state index in [1.54, 1.807) is 26.2 Å². The minimum Gasteiger partial charge on any atom is -0.497 e. The second-order valence-corrected chi connectivity index (χ2v) is 5.49. The SMILES string of the molecule is COc1cccc(O[C@H](C)C(=O)NCCN(C)c2ccccc2)c1. The van der Waals surface area contributed by atoms with Crippen molar-refractivity contribution in [3.05, 3.63) is 54.6 Å². The highest BCUT2D eigenvalue weighted by Gasteiger charge is 2.14. The Morgan fingerprint density at radius 1 is 1.12 bits per heavy atom. The summed E-state index contributed by atoms with van der Waals surface area (Å²) in [6.45, 7) is 3.01. The quantitative estimate of drug-likeness (QED) is 0.809. The smallest absolute Gasteiger partial charge is 0.260 e. The summed E-state index contributed by atoms with van der Waals surface area (Å²) in [5.41, 5.74) is 1.12. The molecular weight excluding hydrogens is 304 g/mol. The largest absolute Gasteiger partial charge is 0.497 e. The number of anilines is 1. The second-order valence-electron chi connectivity index (χ2n) is 5.49. The van der Waals surface area contributed by atoms with E-state index < -0.39 is 6.10 Å². The van der Waals surface area contributed by atoms with Crippen molar-refractivity contribution in [2.24, 2.45) is 0 Å². The van der Waals surface area contributed by atoms with Gasteiger partial charge in [0, 0.05) is 31.9 Å². The van der Waals surface area contributed by atoms with Crippen molar-refractivity contribution in [1.82, 2.24) is 5.32 Å². The third-order valence-corrected chi connectivity index (χ3v) is 3.67. The Balaban J connectivity index is 1.77. The summed E-state index contributed by atoms with van der Waals surface area (Å²) in [4.78, 5) is 14.2. The van der Waals surface area contributed by atoms with E-state index in [1.165, 1.54) is 0 Å². The number of hydrogen-bond acceptors (Lipinski definition) is 4. The molecule has 0 aromatic heterocycles. The van der Waals surface area contributed by atoms with Crippen LogP contribution in [0.15, 0.2) is 54.6 Å². The van der Waals surface area contributed by atoms with Gasteiger partial charge in [0.25, 0.3) is 5.91 Å². The third-order valence-electron chi connectivity index (χ3n) is 3.67. The maximum absolute atomic E-state index is 12.1. The van der Waals surface area contributed by atoms with Crippen molar-refractivity contribution in [3.8, 4) is 11.5 Å². The molecule has 24 heavy (non-hydrogen) atoms. The first-order valence-corrected chi connectivity index (χ1v) is 7.95. The van der Waals surface area contributed by atoms with Crippen LogP contribution in [0.3, 0.4) is 0 Å². The van der Waals surface area contributed by atoms with Crippen molar-refractivity contribution < 1.29 is 14.3 Å². The first-order chi connectivity index (χ1) is 11.6. The number of carbonyl (C=O) groups is 1. The zero-order valence-electron chi connectivity index (χ0n) is 14.4. The third kappa shape index (κ3) is 5.19. The molecule has 2 aromatic carbocycles. The van der Waals surface area contributed by atoms with E-state index in [9.17, 15) is 4.79 Å². The number of rotatable bonds is 8. The number of nitrogens with one attached hydrogen (secondary N) is 1. The van der Waals surface area contributed by atoms with Gasteiger partial charge >= 0.3 is 0 Å². The van der Waals surface area contributed by atoms with Crippen LogP contribution in [0.1, 0.15) is 6.92 Å². The number of nitrogens with zero attached hydrogens (tertiary/aromatic N) is 1. The molecule has 0 saturated heterocycles. The second kappa shape index (κ2) is 8.82. The maximum Gasteiger partial charge on any atom is 0.260 e. The van der Waals surface area contributed by atoms with Gasteiger partial charge in [-0.3, -0.25) is 4.79 Å². The average Bonchev–Trinajstić information content (AvgIpc) is 2.62. The fourth-order valence-electron chi connectivity index (χ4n) is 2.23. The van der Waals surface area contributed by atoms with Crippen LogP contribution in [0.2, 0.25) is 0 Å². The molecule has 2 aromatic rings. The monoisotopic (exact) mass is 328 g/mol. The van der Waals surface area contributed by atoms with Crippen molar-refractivity contribution in [3.63, 3.8) is 0 Å². The highest BCUT2D eigenvalue weighted by Crippen LogP contribution is 2.19. The topological polar surface area (TPSA) is 50.8 Å². The van der Waals surface area contributed by atoms with Gasteiger partial charge in [-0.15, -0.1) is 0 Å². The van der Waals surface area contributed by atoms with Crippen LogP contribution in [0.25, 0.3) is 0 Å². The molecule has 0 unspecified atom stereocenters. The maximum atomic E-state index is 12.1. The fourth-order valence-corrected chi connectivity index (χ4v) is 2.23. The Morgan fingerprint density at radius 3 is 2.54 bits per heavy atom. The number of ether oxygens (including phenoxy) is 2. The summed E-state index contributed by atoms with van der Waals surface area (Å²) in [7, 11) is 3.59. The van der Waals surface area contributed by atoms with Crippen molar-refractivity contribution >= 4 is 11.6 Å². The van der Waals surface area contributed by atoms with Gasteiger partial charge in [-0.2, -0.15) is 0 Å². The first-order valence-electron chi connectivity index (χ1n) is 7.95. The molecule has 128 valence electrons. The van der Waals surface area contributed by atoms with Crippen molar-refractivity contribution in [1.29, 1.82) is 0 Å². The minimum atomic E-state index is -0.570. The standard InChI is InChI=1S/C19H24N2O3/c1-15(24-18-11-7-10-17(14-18)23-3)19(22)20-12-13-21(2)16-8-5-4-6-9-16/h4-11,14-15H,12-13H2,1-3H3,(H,20,22)/t15-/m1/s1. The van der Waals surface area contributed by atoms with Crippen LogP contribution >= 0.6 is 0 Å². The van der Waals surface area contributed by atoms with E-state index in [0.29, 0.717) is 18.0 Å². The Kier molecular flexibility index (Phi) is 6.49. The van der Waals surface area contributed by atoms with Gasteiger partial charge in [-0.25, -0.2) is 0 Å². The molecule has 0 fully saturated rings. The number of carbonyl (C=O) groups excluding carboxylic acids is 1. The molecular formula is C19H24N2O3. The lowest BCUT2D eigenvalue weighted by molar-refractivity contribution is -0.127. The Bertz CT molecular complexity index is 646. The molecule has 2 rings (SSSR count). The molecule has 1 atom stereocenters. The Labute approximate surface area is 143 Å². The van der Waals surface area contributed by atoms with Crippen LogP contribution in [0, 0.1) is 0 Å². The van der Waals surface area contributed by atoms with Gasteiger partial charge < -0.3 is 19.7 Å². The van der Waals surface area contributed by atoms with E-state index >= 15 is 0 Å². The van der Waals surface area contributed by atoms with Crippen LogP contribution in [0.5, 0.6) is 11.5 Å². The lowest BCUT2D eigenvalue weighted by Crippen LogP contribution is -2.40. The zero-order chi connectivity index (χ0) is 17.4. The molecule has 1 amide bonds. The molecule has 0 spiro atoms. The predicted octanol–water partition coefficient (Wildman–Crippen LogP) is 2.72. The van der Waals surface area contributed by atoms with Gasteiger partial charge in [-0.05, 0) is 31.2 Å². The van der Waals surface area contributed by atoms with Crippen molar-refractivity contribution in [2.45, 2.75) is 13.0 Å². The van der Waals surface area contributed by atoms with Gasteiger partial charge in [0.1, 0.15) is 11.5 Å². The van der Waals surface area contributed by atoms with E-state index in [0.717, 1.165) is 12.2 Å². The van der Waals surface area contributed by atoms with E-state index in [4.69, 9.17) is 9.47 Å². The molecule has 0 saturated carbocycles.